The molecule has 0 spiro atoms. The van der Waals surface area contributed by atoms with E-state index in [2.05, 4.69) is 53.6 Å². The van der Waals surface area contributed by atoms with Crippen LogP contribution in [-0.2, 0) is 0 Å². The second-order valence-corrected chi connectivity index (χ2v) is 5.28. The average Bonchev–Trinajstić information content (AvgIpc) is 2.66. The lowest BCUT2D eigenvalue weighted by Gasteiger charge is -1.93. The highest BCUT2D eigenvalue weighted by atomic mass is 32.2. The van der Waals surface area contributed by atoms with Crippen molar-refractivity contribution < 1.29 is 4.57 Å². The van der Waals surface area contributed by atoms with Gasteiger partial charge >= 0.3 is 4.34 Å². The van der Waals surface area contributed by atoms with Crippen LogP contribution in [0.3, 0.4) is 0 Å². The molecule has 2 aromatic carbocycles. The van der Waals surface area contributed by atoms with Gasteiger partial charge in [-0.1, -0.05) is 54.3 Å². The number of thiol groups is 1. The molecule has 16 heavy (non-hydrogen) atoms. The third kappa shape index (κ3) is 1.52. The highest BCUT2D eigenvalue weighted by Crippen LogP contribution is 2.24. The number of aromatic nitrogens is 1. The molecule has 0 saturated carbocycles. The molecule has 0 aliphatic rings. The van der Waals surface area contributed by atoms with Crippen LogP contribution in [-0.4, -0.2) is 0 Å². The summed E-state index contributed by atoms with van der Waals surface area (Å²) >= 11 is 6.25. The summed E-state index contributed by atoms with van der Waals surface area (Å²) in [6.45, 7) is 0. The van der Waals surface area contributed by atoms with Crippen molar-refractivity contribution in [2.24, 2.45) is 0 Å². The number of benzene rings is 2. The van der Waals surface area contributed by atoms with Gasteiger partial charge in [0.2, 0.25) is 11.2 Å². The zero-order valence-corrected chi connectivity index (χ0v) is 10.2. The number of fused-ring (bicyclic) bond motifs is 1. The smallest absolute Gasteiger partial charge is 0.138 e. The van der Waals surface area contributed by atoms with Crippen molar-refractivity contribution in [3.8, 4) is 5.69 Å². The molecule has 0 radical (unpaired) electrons. The van der Waals surface area contributed by atoms with E-state index in [1.807, 2.05) is 18.2 Å². The molecule has 0 saturated heterocycles. The Morgan fingerprint density at radius 2 is 1.56 bits per heavy atom. The van der Waals surface area contributed by atoms with Crippen LogP contribution in [0.2, 0.25) is 0 Å². The van der Waals surface area contributed by atoms with Crippen molar-refractivity contribution in [1.29, 1.82) is 0 Å². The molecule has 0 atom stereocenters. The maximum absolute atomic E-state index is 4.55. The van der Waals surface area contributed by atoms with E-state index in [0.29, 0.717) is 0 Å². The number of hydrogen-bond donors (Lipinski definition) is 1. The second-order valence-electron chi connectivity index (χ2n) is 3.52. The Labute approximate surface area is 103 Å². The summed E-state index contributed by atoms with van der Waals surface area (Å²) in [5.41, 5.74) is 2.37. The summed E-state index contributed by atoms with van der Waals surface area (Å²) < 4.78 is 4.44. The fraction of sp³-hybridized carbons (Fsp3) is 0. The largest absolute Gasteiger partial charge is 0.301 e. The molecule has 0 bridgehead atoms. The number of para-hydroxylation sites is 2. The predicted molar refractivity (Wildman–Crippen MR) is 70.6 cm³/mol. The maximum Gasteiger partial charge on any atom is 0.301 e. The van der Waals surface area contributed by atoms with Gasteiger partial charge in [0.15, 0.2) is 0 Å². The molecule has 1 nitrogen and oxygen atoms in total. The molecule has 0 unspecified atom stereocenters. The first-order valence-electron chi connectivity index (χ1n) is 5.04. The summed E-state index contributed by atoms with van der Waals surface area (Å²) in [6.07, 6.45) is 0. The monoisotopic (exact) mass is 244 g/mol. The maximum atomic E-state index is 4.55. The topological polar surface area (TPSA) is 3.88 Å². The van der Waals surface area contributed by atoms with Crippen LogP contribution >= 0.6 is 24.0 Å². The van der Waals surface area contributed by atoms with Crippen LogP contribution in [0, 0.1) is 0 Å². The number of thiazole rings is 1. The molecule has 3 rings (SSSR count). The molecule has 0 fully saturated rings. The summed E-state index contributed by atoms with van der Waals surface area (Å²) in [6, 6.07) is 18.7. The molecule has 1 aromatic heterocycles. The summed E-state index contributed by atoms with van der Waals surface area (Å²) in [5, 5.41) is 0. The highest BCUT2D eigenvalue weighted by Gasteiger charge is 2.19. The summed E-state index contributed by atoms with van der Waals surface area (Å²) in [4.78, 5) is 0. The molecular weight excluding hydrogens is 234 g/mol. The van der Waals surface area contributed by atoms with Crippen molar-refractivity contribution in [3.05, 3.63) is 54.6 Å². The van der Waals surface area contributed by atoms with E-state index in [4.69, 9.17) is 0 Å². The number of nitrogens with zero attached hydrogens (tertiary/aromatic N) is 1. The quantitative estimate of drug-likeness (QED) is 0.493. The first-order chi connectivity index (χ1) is 7.86. The Balaban J connectivity index is 2.35. The van der Waals surface area contributed by atoms with Crippen molar-refractivity contribution in [2.75, 3.05) is 0 Å². The van der Waals surface area contributed by atoms with E-state index in [-0.39, 0.29) is 0 Å². The van der Waals surface area contributed by atoms with Gasteiger partial charge in [-0.05, 0) is 6.07 Å². The van der Waals surface area contributed by atoms with Gasteiger partial charge in [-0.2, -0.15) is 0 Å². The Morgan fingerprint density at radius 1 is 0.875 bits per heavy atom. The van der Waals surface area contributed by atoms with Crippen LogP contribution in [0.1, 0.15) is 0 Å². The van der Waals surface area contributed by atoms with Crippen molar-refractivity contribution in [3.63, 3.8) is 0 Å². The van der Waals surface area contributed by atoms with Gasteiger partial charge in [-0.15, -0.1) is 4.57 Å². The minimum Gasteiger partial charge on any atom is -0.138 e. The van der Waals surface area contributed by atoms with E-state index in [9.17, 15) is 0 Å². The minimum atomic E-state index is 1.01. The molecule has 0 amide bonds. The molecule has 0 aliphatic heterocycles. The van der Waals surface area contributed by atoms with Gasteiger partial charge < -0.3 is 0 Å². The lowest BCUT2D eigenvalue weighted by Crippen LogP contribution is -2.30. The van der Waals surface area contributed by atoms with Gasteiger partial charge in [-0.3, -0.25) is 0 Å². The van der Waals surface area contributed by atoms with Gasteiger partial charge in [0.1, 0.15) is 4.70 Å². The summed E-state index contributed by atoms with van der Waals surface area (Å²) in [7, 11) is 0. The first kappa shape index (κ1) is 9.87. The molecule has 1 heterocycles. The van der Waals surface area contributed by atoms with Gasteiger partial charge in [-0.25, -0.2) is 0 Å². The molecule has 78 valence electrons. The van der Waals surface area contributed by atoms with E-state index < -0.39 is 0 Å². The molecule has 0 aliphatic carbocycles. The van der Waals surface area contributed by atoms with Crippen LogP contribution in [0.4, 0.5) is 0 Å². The summed E-state index contributed by atoms with van der Waals surface area (Å²) in [5.74, 6) is 0. The lowest BCUT2D eigenvalue weighted by atomic mass is 10.3. The van der Waals surface area contributed by atoms with Gasteiger partial charge in [0.05, 0.1) is 0 Å². The third-order valence-corrected chi connectivity index (χ3v) is 3.92. The molecule has 3 heteroatoms. The second kappa shape index (κ2) is 3.92. The fourth-order valence-electron chi connectivity index (χ4n) is 1.80. The Kier molecular flexibility index (Phi) is 2.42. The number of hydrogen-bond acceptors (Lipinski definition) is 2. The van der Waals surface area contributed by atoms with E-state index >= 15 is 0 Å². The third-order valence-electron chi connectivity index (χ3n) is 2.51. The molecule has 0 N–H and O–H groups in total. The van der Waals surface area contributed by atoms with Crippen LogP contribution in [0.25, 0.3) is 15.9 Å². The van der Waals surface area contributed by atoms with Crippen molar-refractivity contribution in [1.82, 2.24) is 0 Å². The van der Waals surface area contributed by atoms with E-state index in [1.54, 1.807) is 11.3 Å². The minimum absolute atomic E-state index is 1.01. The van der Waals surface area contributed by atoms with E-state index in [0.717, 1.165) is 10.0 Å². The lowest BCUT2D eigenvalue weighted by molar-refractivity contribution is -0.601. The van der Waals surface area contributed by atoms with Gasteiger partial charge in [0, 0.05) is 18.2 Å². The predicted octanol–water partition coefficient (Wildman–Crippen LogP) is 3.47. The van der Waals surface area contributed by atoms with Gasteiger partial charge in [0.25, 0.3) is 0 Å². The SMILES string of the molecule is Sc1sc2ccccc2[n+]1-c1ccccc1. The van der Waals surface area contributed by atoms with Crippen molar-refractivity contribution >= 4 is 34.2 Å². The Hall–Kier alpha value is -1.32. The van der Waals surface area contributed by atoms with Crippen LogP contribution < -0.4 is 4.57 Å². The van der Waals surface area contributed by atoms with Crippen molar-refractivity contribution in [2.45, 2.75) is 4.34 Å². The zero-order chi connectivity index (χ0) is 11.0. The number of rotatable bonds is 1. The zero-order valence-electron chi connectivity index (χ0n) is 8.50. The highest BCUT2D eigenvalue weighted by molar-refractivity contribution is 7.82. The average molecular weight is 244 g/mol. The first-order valence-corrected chi connectivity index (χ1v) is 6.30. The fourth-order valence-corrected chi connectivity index (χ4v) is 3.22. The van der Waals surface area contributed by atoms with Crippen LogP contribution in [0.5, 0.6) is 0 Å². The van der Waals surface area contributed by atoms with E-state index in [1.165, 1.54) is 10.2 Å². The Morgan fingerprint density at radius 3 is 2.38 bits per heavy atom. The standard InChI is InChI=1S/C13H9NS2/c15-13-14(10-6-2-1-3-7-10)11-8-4-5-9-12(11)16-13/h1-9H/p+1. The van der Waals surface area contributed by atoms with Crippen LogP contribution in [0.15, 0.2) is 58.9 Å². The normalized spacial score (nSPS) is 10.8. The molecular formula is C13H10NS2+. The molecule has 3 aromatic rings. The Bertz CT molecular complexity index is 629.